The molecule has 4 nitrogen and oxygen atoms in total. The molecular weight excluding hydrogens is 252 g/mol. The lowest BCUT2D eigenvalue weighted by Gasteiger charge is -2.28. The summed E-state index contributed by atoms with van der Waals surface area (Å²) in [4.78, 5) is 2.25. The van der Waals surface area contributed by atoms with E-state index in [0.717, 1.165) is 24.6 Å². The molecule has 2 N–H and O–H groups in total. The summed E-state index contributed by atoms with van der Waals surface area (Å²) in [6.45, 7) is 10.2. The van der Waals surface area contributed by atoms with Crippen molar-refractivity contribution in [2.75, 3.05) is 39.9 Å². The lowest BCUT2D eigenvalue weighted by Crippen LogP contribution is -2.38. The van der Waals surface area contributed by atoms with Gasteiger partial charge in [-0.1, -0.05) is 13.8 Å². The van der Waals surface area contributed by atoms with E-state index in [0.29, 0.717) is 19.8 Å². The Kier molecular flexibility index (Phi) is 6.82. The first kappa shape index (κ1) is 16.8. The topological polar surface area (TPSA) is 47.7 Å². The monoisotopic (exact) mass is 280 g/mol. The predicted octanol–water partition coefficient (Wildman–Crippen LogP) is 2.38. The number of nitrogens with two attached hydrogens (primary N) is 1. The summed E-state index contributed by atoms with van der Waals surface area (Å²) in [5, 5.41) is 0. The Morgan fingerprint density at radius 1 is 1.10 bits per heavy atom. The van der Waals surface area contributed by atoms with Crippen molar-refractivity contribution in [3.8, 4) is 11.5 Å². The van der Waals surface area contributed by atoms with Crippen molar-refractivity contribution in [2.45, 2.75) is 20.8 Å². The average molecular weight is 280 g/mol. The molecule has 0 radical (unpaired) electrons. The van der Waals surface area contributed by atoms with E-state index in [1.54, 1.807) is 0 Å². The van der Waals surface area contributed by atoms with Gasteiger partial charge in [0.2, 0.25) is 0 Å². The van der Waals surface area contributed by atoms with Crippen molar-refractivity contribution < 1.29 is 9.47 Å². The van der Waals surface area contributed by atoms with Gasteiger partial charge in [-0.2, -0.15) is 0 Å². The van der Waals surface area contributed by atoms with Crippen molar-refractivity contribution in [3.05, 3.63) is 24.3 Å². The Balaban J connectivity index is 2.29. The van der Waals surface area contributed by atoms with E-state index in [-0.39, 0.29) is 5.41 Å². The molecule has 0 atom stereocenters. The van der Waals surface area contributed by atoms with Gasteiger partial charge in [0.15, 0.2) is 0 Å². The smallest absolute Gasteiger partial charge is 0.119 e. The zero-order chi connectivity index (χ0) is 15.0. The molecule has 0 saturated carbocycles. The van der Waals surface area contributed by atoms with Crippen LogP contribution in [0.1, 0.15) is 20.8 Å². The summed E-state index contributed by atoms with van der Waals surface area (Å²) in [5.41, 5.74) is 5.89. The first-order valence-corrected chi connectivity index (χ1v) is 7.21. The zero-order valence-corrected chi connectivity index (χ0v) is 13.2. The molecule has 1 aromatic rings. The molecule has 0 aliphatic rings. The van der Waals surface area contributed by atoms with Crippen LogP contribution >= 0.6 is 0 Å². The molecule has 0 aliphatic carbocycles. The lowest BCUT2D eigenvalue weighted by atomic mass is 9.93. The molecule has 0 spiro atoms. The predicted molar refractivity (Wildman–Crippen MR) is 83.4 cm³/mol. The molecule has 114 valence electrons. The Morgan fingerprint density at radius 2 is 1.65 bits per heavy atom. The normalized spacial score (nSPS) is 11.7. The van der Waals surface area contributed by atoms with Gasteiger partial charge >= 0.3 is 0 Å². The Labute approximate surface area is 122 Å². The fourth-order valence-electron chi connectivity index (χ4n) is 1.99. The van der Waals surface area contributed by atoms with Crippen LogP contribution in [0.5, 0.6) is 11.5 Å². The number of rotatable bonds is 9. The summed E-state index contributed by atoms with van der Waals surface area (Å²) in [6.07, 6.45) is 0. The van der Waals surface area contributed by atoms with Crippen molar-refractivity contribution in [2.24, 2.45) is 11.1 Å². The molecule has 1 aromatic carbocycles. The van der Waals surface area contributed by atoms with Crippen LogP contribution in [0.2, 0.25) is 0 Å². The first-order valence-electron chi connectivity index (χ1n) is 7.21. The van der Waals surface area contributed by atoms with Crippen LogP contribution in [-0.4, -0.2) is 44.8 Å². The van der Waals surface area contributed by atoms with Crippen molar-refractivity contribution >= 4 is 0 Å². The third-order valence-electron chi connectivity index (χ3n) is 3.13. The van der Waals surface area contributed by atoms with Gasteiger partial charge < -0.3 is 20.1 Å². The molecule has 0 amide bonds. The van der Waals surface area contributed by atoms with E-state index >= 15 is 0 Å². The molecule has 0 saturated heterocycles. The largest absolute Gasteiger partial charge is 0.494 e. The second kappa shape index (κ2) is 8.12. The van der Waals surface area contributed by atoms with Gasteiger partial charge in [-0.25, -0.2) is 0 Å². The maximum absolute atomic E-state index is 5.74. The summed E-state index contributed by atoms with van der Waals surface area (Å²) >= 11 is 0. The van der Waals surface area contributed by atoms with Crippen molar-refractivity contribution in [1.82, 2.24) is 4.90 Å². The quantitative estimate of drug-likeness (QED) is 0.754. The van der Waals surface area contributed by atoms with Crippen LogP contribution in [0.15, 0.2) is 24.3 Å². The number of hydrogen-bond donors (Lipinski definition) is 1. The van der Waals surface area contributed by atoms with Crippen LogP contribution in [0.4, 0.5) is 0 Å². The standard InChI is InChI=1S/C16H28N2O2/c1-5-19-14-6-8-15(9-7-14)20-11-10-18(4)13-16(2,3)12-17/h6-9H,5,10-13,17H2,1-4H3. The Hall–Kier alpha value is -1.26. The van der Waals surface area contributed by atoms with Gasteiger partial charge in [0.1, 0.15) is 18.1 Å². The maximum atomic E-state index is 5.74. The van der Waals surface area contributed by atoms with E-state index in [1.165, 1.54) is 0 Å². The number of benzene rings is 1. The number of hydrogen-bond acceptors (Lipinski definition) is 4. The van der Waals surface area contributed by atoms with Gasteiger partial charge in [0, 0.05) is 13.1 Å². The molecular formula is C16H28N2O2. The van der Waals surface area contributed by atoms with E-state index in [2.05, 4.69) is 25.8 Å². The van der Waals surface area contributed by atoms with E-state index in [1.807, 2.05) is 31.2 Å². The van der Waals surface area contributed by atoms with Crippen LogP contribution < -0.4 is 15.2 Å². The molecule has 0 heterocycles. The molecule has 0 bridgehead atoms. The zero-order valence-electron chi connectivity index (χ0n) is 13.2. The Bertz CT molecular complexity index is 377. The lowest BCUT2D eigenvalue weighted by molar-refractivity contribution is 0.181. The number of ether oxygens (including phenoxy) is 2. The molecule has 0 unspecified atom stereocenters. The minimum atomic E-state index is 0.147. The second-order valence-corrected chi connectivity index (χ2v) is 5.86. The minimum Gasteiger partial charge on any atom is -0.494 e. The molecule has 1 rings (SSSR count). The summed E-state index contributed by atoms with van der Waals surface area (Å²) in [6, 6.07) is 7.74. The van der Waals surface area contributed by atoms with E-state index in [9.17, 15) is 0 Å². The van der Waals surface area contributed by atoms with Gasteiger partial charge in [0.05, 0.1) is 6.61 Å². The van der Waals surface area contributed by atoms with Crippen molar-refractivity contribution in [1.29, 1.82) is 0 Å². The second-order valence-electron chi connectivity index (χ2n) is 5.86. The highest BCUT2D eigenvalue weighted by Crippen LogP contribution is 2.18. The van der Waals surface area contributed by atoms with Crippen molar-refractivity contribution in [3.63, 3.8) is 0 Å². The highest BCUT2D eigenvalue weighted by Gasteiger charge is 2.17. The summed E-state index contributed by atoms with van der Waals surface area (Å²) in [7, 11) is 2.10. The number of likely N-dealkylation sites (N-methyl/N-ethyl adjacent to an activating group) is 1. The average Bonchev–Trinajstić information content (AvgIpc) is 2.40. The minimum absolute atomic E-state index is 0.147. The SMILES string of the molecule is CCOc1ccc(OCCN(C)CC(C)(C)CN)cc1. The summed E-state index contributed by atoms with van der Waals surface area (Å²) < 4.78 is 11.1. The molecule has 0 aromatic heterocycles. The fraction of sp³-hybridized carbons (Fsp3) is 0.625. The van der Waals surface area contributed by atoms with Crippen LogP contribution in [0.3, 0.4) is 0 Å². The maximum Gasteiger partial charge on any atom is 0.119 e. The third-order valence-corrected chi connectivity index (χ3v) is 3.13. The van der Waals surface area contributed by atoms with Gasteiger partial charge in [-0.15, -0.1) is 0 Å². The van der Waals surface area contributed by atoms with Gasteiger partial charge in [-0.3, -0.25) is 0 Å². The number of nitrogens with zero attached hydrogens (tertiary/aromatic N) is 1. The van der Waals surface area contributed by atoms with E-state index < -0.39 is 0 Å². The van der Waals surface area contributed by atoms with Crippen LogP contribution in [0.25, 0.3) is 0 Å². The third kappa shape index (κ3) is 6.26. The molecule has 0 fully saturated rings. The Morgan fingerprint density at radius 3 is 2.15 bits per heavy atom. The summed E-state index contributed by atoms with van der Waals surface area (Å²) in [5.74, 6) is 1.75. The first-order chi connectivity index (χ1) is 9.46. The van der Waals surface area contributed by atoms with Gasteiger partial charge in [0.25, 0.3) is 0 Å². The highest BCUT2D eigenvalue weighted by atomic mass is 16.5. The molecule has 0 aliphatic heterocycles. The highest BCUT2D eigenvalue weighted by molar-refractivity contribution is 5.31. The molecule has 4 heteroatoms. The van der Waals surface area contributed by atoms with Crippen LogP contribution in [0, 0.1) is 5.41 Å². The molecule has 20 heavy (non-hydrogen) atoms. The van der Waals surface area contributed by atoms with Crippen LogP contribution in [-0.2, 0) is 0 Å². The fourth-order valence-corrected chi connectivity index (χ4v) is 1.99. The van der Waals surface area contributed by atoms with Gasteiger partial charge in [-0.05, 0) is 50.2 Å². The van der Waals surface area contributed by atoms with E-state index in [4.69, 9.17) is 15.2 Å².